The Hall–Kier alpha value is -1.85. The number of ether oxygens (including phenoxy) is 5. The van der Waals surface area contributed by atoms with Gasteiger partial charge in [0.15, 0.2) is 12.6 Å². The van der Waals surface area contributed by atoms with Crippen molar-refractivity contribution in [1.29, 1.82) is 0 Å². The van der Waals surface area contributed by atoms with Crippen LogP contribution < -0.4 is 45.3 Å². The van der Waals surface area contributed by atoms with Crippen LogP contribution in [-0.4, -0.2) is 153 Å². The molecule has 20 heteroatoms. The Kier molecular flexibility index (Phi) is 22.3. The van der Waals surface area contributed by atoms with Crippen LogP contribution >= 0.6 is 0 Å². The Morgan fingerprint density at radius 1 is 0.850 bits per heavy atom. The van der Waals surface area contributed by atoms with Gasteiger partial charge in [0.25, 0.3) is 0 Å². The first kappa shape index (κ1) is 52.5. The minimum absolute atomic E-state index is 0. The number of aliphatic hydroxyl groups is 5. The molecule has 2 aliphatic heterocycles. The number of rotatable bonds is 21. The summed E-state index contributed by atoms with van der Waals surface area (Å²) in [5.74, 6) is -4.61. The average Bonchev–Trinajstić information content (AvgIpc) is 3.19. The van der Waals surface area contributed by atoms with Gasteiger partial charge in [-0.25, -0.2) is 0 Å². The molecule has 0 bridgehead atoms. The van der Waals surface area contributed by atoms with Crippen LogP contribution in [0, 0.1) is 17.8 Å². The van der Waals surface area contributed by atoms with Crippen molar-refractivity contribution < 1.29 is 113 Å². The van der Waals surface area contributed by atoms with Crippen LogP contribution in [0.4, 0.5) is 0 Å². The number of ketones is 1. The fraction of sp³-hybridized carbons (Fsp3) is 0.875. The number of aliphatic carboxylic acids is 2. The number of nitrogens with one attached hydrogen (secondary N) is 2. The summed E-state index contributed by atoms with van der Waals surface area (Å²) in [7, 11) is 0. The molecule has 7 unspecified atom stereocenters. The van der Waals surface area contributed by atoms with Gasteiger partial charge in [0.2, 0.25) is 11.8 Å². The number of carboxylic acid groups (broad SMARTS) is 2. The van der Waals surface area contributed by atoms with Gasteiger partial charge in [0, 0.05) is 38.6 Å². The summed E-state index contributed by atoms with van der Waals surface area (Å²) in [4.78, 5) is 61.8. The molecule has 60 heavy (non-hydrogen) atoms. The van der Waals surface area contributed by atoms with Crippen LogP contribution in [-0.2, 0) is 47.7 Å². The predicted molar refractivity (Wildman–Crippen MR) is 202 cm³/mol. The normalized spacial score (nSPS) is 35.4. The molecule has 15 atom stereocenters. The van der Waals surface area contributed by atoms with Gasteiger partial charge in [-0.2, -0.15) is 0 Å². The maximum Gasteiger partial charge on any atom is 1.00 e. The number of carbonyl (C=O) groups is 5. The molecule has 0 aromatic carbocycles. The number of carboxylic acids is 2. The summed E-state index contributed by atoms with van der Waals surface area (Å²) in [5.41, 5.74) is 0. The van der Waals surface area contributed by atoms with Crippen molar-refractivity contribution in [2.24, 2.45) is 17.8 Å². The smallest absolute Gasteiger partial charge is 0.547 e. The Labute approximate surface area is 372 Å². The van der Waals surface area contributed by atoms with E-state index in [-0.39, 0.29) is 92.2 Å². The molecule has 0 aromatic rings. The van der Waals surface area contributed by atoms with Crippen molar-refractivity contribution in [2.45, 2.75) is 190 Å². The third kappa shape index (κ3) is 14.9. The van der Waals surface area contributed by atoms with Gasteiger partial charge in [-0.05, 0) is 50.9 Å². The maximum absolute atomic E-state index is 13.8. The van der Waals surface area contributed by atoms with Gasteiger partial charge < -0.3 is 74.9 Å². The topological polar surface area (TPSA) is 300 Å². The van der Waals surface area contributed by atoms with Crippen LogP contribution in [0.2, 0.25) is 0 Å². The van der Waals surface area contributed by atoms with E-state index < -0.39 is 116 Å². The minimum atomic E-state index is -1.67. The SMILES string of the molecule is CCC1CC(C(=O)CCCNC(=O)CCCC(=O)O)C[C@@H](O[C@@H]2OC(CO)[C@H](O)C(O[C@@H](CC3CCCCC3)C(=O)[O-])C2NC(C)=O)[C@@H]1O[C@@H]1OC(C)[C@@H](O)C(O)[C@@H]1O.[Na+]. The molecule has 4 fully saturated rings. The van der Waals surface area contributed by atoms with Gasteiger partial charge in [-0.15, -0.1) is 0 Å². The minimum Gasteiger partial charge on any atom is -0.547 e. The van der Waals surface area contributed by atoms with Gasteiger partial charge in [-0.1, -0.05) is 45.4 Å². The largest absolute Gasteiger partial charge is 1.00 e. The van der Waals surface area contributed by atoms with Crippen molar-refractivity contribution >= 4 is 29.5 Å². The second kappa shape index (κ2) is 25.4. The van der Waals surface area contributed by atoms with E-state index >= 15 is 0 Å². The van der Waals surface area contributed by atoms with Crippen molar-refractivity contribution in [1.82, 2.24) is 10.6 Å². The number of hydrogen-bond acceptors (Lipinski definition) is 16. The predicted octanol–water partition coefficient (Wildman–Crippen LogP) is -4.20. The molecule has 2 saturated carbocycles. The van der Waals surface area contributed by atoms with Crippen molar-refractivity contribution in [3.8, 4) is 0 Å². The molecule has 19 nitrogen and oxygen atoms in total. The van der Waals surface area contributed by atoms with E-state index in [2.05, 4.69) is 10.6 Å². The van der Waals surface area contributed by atoms with Crippen LogP contribution in [0.5, 0.6) is 0 Å². The summed E-state index contributed by atoms with van der Waals surface area (Å²) in [6.45, 7) is 4.00. The van der Waals surface area contributed by atoms with Gasteiger partial charge in [0.1, 0.15) is 48.4 Å². The van der Waals surface area contributed by atoms with E-state index in [1.807, 2.05) is 6.92 Å². The van der Waals surface area contributed by atoms with Crippen LogP contribution in [0.25, 0.3) is 0 Å². The Balaban J connectivity index is 0.00000961. The molecular weight excluding hydrogens is 803 g/mol. The molecular formula is C40H65N2NaO17. The van der Waals surface area contributed by atoms with E-state index in [0.717, 1.165) is 32.1 Å². The molecule has 4 rings (SSSR count). The van der Waals surface area contributed by atoms with Crippen LogP contribution in [0.3, 0.4) is 0 Å². The molecule has 0 aromatic heterocycles. The molecule has 2 aliphatic carbocycles. The van der Waals surface area contributed by atoms with Gasteiger partial charge >= 0.3 is 35.5 Å². The molecule has 8 N–H and O–H groups in total. The molecule has 2 saturated heterocycles. The Morgan fingerprint density at radius 3 is 2.17 bits per heavy atom. The van der Waals surface area contributed by atoms with Crippen LogP contribution in [0.1, 0.15) is 111 Å². The first-order chi connectivity index (χ1) is 28.0. The molecule has 4 aliphatic rings. The van der Waals surface area contributed by atoms with E-state index in [1.165, 1.54) is 13.8 Å². The summed E-state index contributed by atoms with van der Waals surface area (Å²) >= 11 is 0. The summed E-state index contributed by atoms with van der Waals surface area (Å²) in [5, 5.41) is 80.1. The molecule has 0 radical (unpaired) electrons. The van der Waals surface area contributed by atoms with Gasteiger partial charge in [-0.3, -0.25) is 19.2 Å². The molecule has 2 amide bonds. The average molecular weight is 869 g/mol. The Bertz CT molecular complexity index is 1390. The van der Waals surface area contributed by atoms with Crippen molar-refractivity contribution in [3.05, 3.63) is 0 Å². The number of Topliss-reactive ketones (excluding diaryl/α,β-unsaturated/α-hetero) is 1. The van der Waals surface area contributed by atoms with Crippen molar-refractivity contribution in [2.75, 3.05) is 13.2 Å². The first-order valence-electron chi connectivity index (χ1n) is 21.1. The zero-order valence-electron chi connectivity index (χ0n) is 35.2. The van der Waals surface area contributed by atoms with Crippen LogP contribution in [0.15, 0.2) is 0 Å². The summed E-state index contributed by atoms with van der Waals surface area (Å²) in [6, 6.07) is -1.34. The first-order valence-corrected chi connectivity index (χ1v) is 21.1. The Morgan fingerprint density at radius 2 is 1.55 bits per heavy atom. The molecule has 338 valence electrons. The zero-order chi connectivity index (χ0) is 43.4. The quantitative estimate of drug-likeness (QED) is 0.0401. The van der Waals surface area contributed by atoms with E-state index in [0.29, 0.717) is 19.3 Å². The summed E-state index contributed by atoms with van der Waals surface area (Å²) in [6.07, 6.45) is -10.7. The van der Waals surface area contributed by atoms with E-state index in [1.54, 1.807) is 0 Å². The second-order valence-electron chi connectivity index (χ2n) is 16.6. The van der Waals surface area contributed by atoms with Crippen molar-refractivity contribution in [3.63, 3.8) is 0 Å². The third-order valence-corrected chi connectivity index (χ3v) is 12.1. The third-order valence-electron chi connectivity index (χ3n) is 12.1. The maximum atomic E-state index is 13.8. The van der Waals surface area contributed by atoms with E-state index in [9.17, 15) is 54.6 Å². The van der Waals surface area contributed by atoms with Gasteiger partial charge in [0.05, 0.1) is 37.0 Å². The number of hydrogen-bond donors (Lipinski definition) is 8. The molecule has 0 spiro atoms. The van der Waals surface area contributed by atoms with E-state index in [4.69, 9.17) is 28.8 Å². The summed E-state index contributed by atoms with van der Waals surface area (Å²) < 4.78 is 30.9. The fourth-order valence-corrected chi connectivity index (χ4v) is 8.80. The fourth-order valence-electron chi connectivity index (χ4n) is 8.80. The number of carbonyl (C=O) groups excluding carboxylic acids is 4. The molecule has 2 heterocycles. The standard InChI is InChI=1S/C40H66N2O17.Na/c1-4-23-17-24(25(45)12-9-15-41-29(46)13-8-14-30(47)48)18-26(36(23)59-40-35(52)34(51)32(49)20(2)55-40)57-39-31(42-21(3)44)37(33(50)28(19-43)58-39)56-27(38(53)54)16-22-10-6-5-7-11-22;/h20,22-24,26-28,31-37,39-40,43,49-52H,4-19H2,1-3H3,(H,41,46)(H,42,44)(H,47,48)(H,53,54);/q;+1/p-1/t20?,23?,24?,26-,27+,28?,31?,32-,33+,34?,35+,36-,37?,39-,40+;/m1./s1. The number of aliphatic hydroxyl groups excluding tert-OH is 5. The number of amides is 2. The zero-order valence-corrected chi connectivity index (χ0v) is 37.2. The second-order valence-corrected chi connectivity index (χ2v) is 16.6. The monoisotopic (exact) mass is 868 g/mol.